The molecule has 2 aromatic heterocycles. The van der Waals surface area contributed by atoms with Gasteiger partial charge in [0.15, 0.2) is 5.75 Å². The number of benzene rings is 1. The van der Waals surface area contributed by atoms with E-state index < -0.39 is 0 Å². The van der Waals surface area contributed by atoms with Gasteiger partial charge in [-0.1, -0.05) is 0 Å². The lowest BCUT2D eigenvalue weighted by molar-refractivity contribution is 0.462. The van der Waals surface area contributed by atoms with Crippen molar-refractivity contribution in [2.24, 2.45) is 14.1 Å². The summed E-state index contributed by atoms with van der Waals surface area (Å²) in [5.41, 5.74) is 0.964. The van der Waals surface area contributed by atoms with Crippen LogP contribution in [0.25, 0.3) is 11.1 Å². The SMILES string of the molecule is Cn1cc(-c2cc(=O)n(C)cc2Oc2ccc(O)cc2)ccc1=O. The number of rotatable bonds is 3. The van der Waals surface area contributed by atoms with Crippen LogP contribution in [-0.4, -0.2) is 14.2 Å². The van der Waals surface area contributed by atoms with Gasteiger partial charge < -0.3 is 19.0 Å². The van der Waals surface area contributed by atoms with Crippen LogP contribution in [0, 0.1) is 0 Å². The van der Waals surface area contributed by atoms with Crippen LogP contribution in [0.5, 0.6) is 17.2 Å². The number of hydrogen-bond acceptors (Lipinski definition) is 4. The minimum Gasteiger partial charge on any atom is -0.508 e. The molecule has 3 aromatic rings. The number of nitrogens with zero attached hydrogens (tertiary/aromatic N) is 2. The molecule has 0 saturated carbocycles. The number of aryl methyl sites for hydroxylation is 2. The Kier molecular flexibility index (Phi) is 3.95. The topological polar surface area (TPSA) is 73.5 Å². The molecule has 24 heavy (non-hydrogen) atoms. The van der Waals surface area contributed by atoms with Crippen molar-refractivity contribution in [3.8, 4) is 28.4 Å². The summed E-state index contributed by atoms with van der Waals surface area (Å²) in [5, 5.41) is 9.36. The molecule has 1 N–H and O–H groups in total. The molecular weight excluding hydrogens is 308 g/mol. The molecule has 6 heteroatoms. The van der Waals surface area contributed by atoms with E-state index in [9.17, 15) is 14.7 Å². The average Bonchev–Trinajstić information content (AvgIpc) is 2.55. The van der Waals surface area contributed by atoms with Crippen molar-refractivity contribution in [3.63, 3.8) is 0 Å². The molecular formula is C18H16N2O4. The van der Waals surface area contributed by atoms with Crippen molar-refractivity contribution in [2.75, 3.05) is 0 Å². The normalized spacial score (nSPS) is 10.6. The molecule has 1 aromatic carbocycles. The van der Waals surface area contributed by atoms with Crippen LogP contribution in [0.2, 0.25) is 0 Å². The first-order valence-corrected chi connectivity index (χ1v) is 7.28. The number of phenolic OH excluding ortho intramolecular Hbond substituents is 1. The van der Waals surface area contributed by atoms with Crippen molar-refractivity contribution >= 4 is 0 Å². The monoisotopic (exact) mass is 324 g/mol. The summed E-state index contributed by atoms with van der Waals surface area (Å²) in [6.45, 7) is 0. The quantitative estimate of drug-likeness (QED) is 0.802. The Labute approximate surface area is 137 Å². The van der Waals surface area contributed by atoms with E-state index in [2.05, 4.69) is 0 Å². The molecule has 0 bridgehead atoms. The smallest absolute Gasteiger partial charge is 0.251 e. The Morgan fingerprint density at radius 3 is 2.21 bits per heavy atom. The summed E-state index contributed by atoms with van der Waals surface area (Å²) >= 11 is 0. The second kappa shape index (κ2) is 6.08. The zero-order chi connectivity index (χ0) is 17.3. The van der Waals surface area contributed by atoms with E-state index in [1.54, 1.807) is 44.7 Å². The fraction of sp³-hybridized carbons (Fsp3) is 0.111. The van der Waals surface area contributed by atoms with Gasteiger partial charge in [-0.2, -0.15) is 0 Å². The number of ether oxygens (including phenoxy) is 1. The van der Waals surface area contributed by atoms with Gasteiger partial charge in [0.05, 0.1) is 6.20 Å². The van der Waals surface area contributed by atoms with Crippen molar-refractivity contribution in [1.29, 1.82) is 0 Å². The van der Waals surface area contributed by atoms with Crippen LogP contribution >= 0.6 is 0 Å². The molecule has 0 amide bonds. The maximum atomic E-state index is 12.0. The maximum absolute atomic E-state index is 12.0. The summed E-state index contributed by atoms with van der Waals surface area (Å²) in [6.07, 6.45) is 3.25. The lowest BCUT2D eigenvalue weighted by Gasteiger charge is -2.13. The van der Waals surface area contributed by atoms with Crippen LogP contribution in [0.3, 0.4) is 0 Å². The molecule has 2 heterocycles. The van der Waals surface area contributed by atoms with Gasteiger partial charge >= 0.3 is 0 Å². The molecule has 122 valence electrons. The van der Waals surface area contributed by atoms with Crippen LogP contribution in [0.1, 0.15) is 0 Å². The first-order chi connectivity index (χ1) is 11.4. The van der Waals surface area contributed by atoms with Gasteiger partial charge in [-0.25, -0.2) is 0 Å². The maximum Gasteiger partial charge on any atom is 0.251 e. The average molecular weight is 324 g/mol. The summed E-state index contributed by atoms with van der Waals surface area (Å²) in [4.78, 5) is 23.6. The van der Waals surface area contributed by atoms with Gasteiger partial charge in [0.25, 0.3) is 5.56 Å². The number of pyridine rings is 2. The summed E-state index contributed by atoms with van der Waals surface area (Å²) in [7, 11) is 3.28. The molecule has 0 saturated heterocycles. The van der Waals surface area contributed by atoms with Crippen molar-refractivity contribution in [1.82, 2.24) is 9.13 Å². The second-order valence-electron chi connectivity index (χ2n) is 5.46. The largest absolute Gasteiger partial charge is 0.508 e. The van der Waals surface area contributed by atoms with Crippen LogP contribution in [-0.2, 0) is 14.1 Å². The van der Waals surface area contributed by atoms with Gasteiger partial charge in [-0.3, -0.25) is 9.59 Å². The highest BCUT2D eigenvalue weighted by molar-refractivity contribution is 5.69. The molecule has 0 unspecified atom stereocenters. The Balaban J connectivity index is 2.12. The standard InChI is InChI=1S/C18H16N2O4/c1-19-10-12(3-8-17(19)22)15-9-18(23)20(2)11-16(15)24-14-6-4-13(21)5-7-14/h3-11,21H,1-2H3. The third kappa shape index (κ3) is 3.08. The number of aromatic hydroxyl groups is 1. The van der Waals surface area contributed by atoms with Crippen LogP contribution in [0.15, 0.2) is 64.4 Å². The molecule has 0 aliphatic heterocycles. The predicted octanol–water partition coefficient (Wildman–Crippen LogP) is 2.25. The van der Waals surface area contributed by atoms with Gasteiger partial charge in [0.1, 0.15) is 11.5 Å². The van der Waals surface area contributed by atoms with E-state index >= 15 is 0 Å². The second-order valence-corrected chi connectivity index (χ2v) is 5.46. The zero-order valence-electron chi connectivity index (χ0n) is 13.3. The molecule has 0 spiro atoms. The van der Waals surface area contributed by atoms with E-state index in [0.717, 1.165) is 0 Å². The molecule has 6 nitrogen and oxygen atoms in total. The lowest BCUT2D eigenvalue weighted by Crippen LogP contribution is -2.17. The molecule has 3 rings (SSSR count). The molecule has 0 fully saturated rings. The highest BCUT2D eigenvalue weighted by Crippen LogP contribution is 2.32. The van der Waals surface area contributed by atoms with E-state index in [1.807, 2.05) is 0 Å². The third-order valence-electron chi connectivity index (χ3n) is 3.65. The zero-order valence-corrected chi connectivity index (χ0v) is 13.3. The summed E-state index contributed by atoms with van der Waals surface area (Å²) < 4.78 is 8.73. The summed E-state index contributed by atoms with van der Waals surface area (Å²) in [6, 6.07) is 10.9. The molecule has 0 atom stereocenters. The lowest BCUT2D eigenvalue weighted by atomic mass is 10.1. The van der Waals surface area contributed by atoms with E-state index in [-0.39, 0.29) is 16.9 Å². The Bertz CT molecular complexity index is 1000. The minimum atomic E-state index is -0.183. The predicted molar refractivity (Wildman–Crippen MR) is 90.5 cm³/mol. The van der Waals surface area contributed by atoms with Crippen LogP contribution in [0.4, 0.5) is 0 Å². The van der Waals surface area contributed by atoms with Gasteiger partial charge in [0.2, 0.25) is 5.56 Å². The van der Waals surface area contributed by atoms with E-state index in [0.29, 0.717) is 22.6 Å². The van der Waals surface area contributed by atoms with Gasteiger partial charge in [-0.15, -0.1) is 0 Å². The van der Waals surface area contributed by atoms with Gasteiger partial charge in [-0.05, 0) is 30.3 Å². The van der Waals surface area contributed by atoms with Crippen molar-refractivity contribution in [3.05, 3.63) is 75.6 Å². The van der Waals surface area contributed by atoms with E-state index in [1.165, 1.54) is 33.4 Å². The number of phenols is 1. The van der Waals surface area contributed by atoms with E-state index in [4.69, 9.17) is 4.74 Å². The highest BCUT2D eigenvalue weighted by atomic mass is 16.5. The van der Waals surface area contributed by atoms with Gasteiger partial charge in [0, 0.05) is 43.6 Å². The molecule has 0 aliphatic rings. The number of hydrogen-bond donors (Lipinski definition) is 1. The van der Waals surface area contributed by atoms with Crippen LogP contribution < -0.4 is 15.9 Å². The Morgan fingerprint density at radius 2 is 1.54 bits per heavy atom. The fourth-order valence-corrected chi connectivity index (χ4v) is 2.31. The van der Waals surface area contributed by atoms with Crippen molar-refractivity contribution < 1.29 is 9.84 Å². The Hall–Kier alpha value is -3.28. The Morgan fingerprint density at radius 1 is 0.875 bits per heavy atom. The minimum absolute atomic E-state index is 0.136. The first kappa shape index (κ1) is 15.6. The molecule has 0 radical (unpaired) electrons. The number of aromatic nitrogens is 2. The fourth-order valence-electron chi connectivity index (χ4n) is 2.31. The summed E-state index contributed by atoms with van der Waals surface area (Å²) in [5.74, 6) is 1.14. The molecule has 0 aliphatic carbocycles. The third-order valence-corrected chi connectivity index (χ3v) is 3.65. The highest BCUT2D eigenvalue weighted by Gasteiger charge is 2.11. The first-order valence-electron chi connectivity index (χ1n) is 7.28. The van der Waals surface area contributed by atoms with Crippen molar-refractivity contribution in [2.45, 2.75) is 0 Å².